The van der Waals surface area contributed by atoms with Crippen molar-refractivity contribution < 1.29 is 9.53 Å². The van der Waals surface area contributed by atoms with Gasteiger partial charge in [0, 0.05) is 26.1 Å². The van der Waals surface area contributed by atoms with Gasteiger partial charge in [-0.2, -0.15) is 0 Å². The van der Waals surface area contributed by atoms with Gasteiger partial charge in [0.05, 0.1) is 13.0 Å². The molecule has 1 atom stereocenters. The Morgan fingerprint density at radius 1 is 1.31 bits per heavy atom. The number of aromatic nitrogens is 3. The van der Waals surface area contributed by atoms with Gasteiger partial charge in [-0.25, -0.2) is 0 Å². The standard InChI is InChI=1S/C20H26N4O2/c1-3-26-16-7-5-15(6-8-16)11-18(25)24-12-17(19-22-21-14-23(19)2)20(13-24)9-4-10-20/h5-8,14,17H,3-4,9-13H2,1-2H3. The van der Waals surface area contributed by atoms with Gasteiger partial charge < -0.3 is 14.2 Å². The minimum absolute atomic E-state index is 0.199. The highest BCUT2D eigenvalue weighted by Gasteiger charge is 2.53. The van der Waals surface area contributed by atoms with E-state index >= 15 is 0 Å². The molecule has 1 aromatic carbocycles. The number of ether oxygens (including phenoxy) is 1. The summed E-state index contributed by atoms with van der Waals surface area (Å²) in [6.07, 6.45) is 5.80. The molecule has 2 heterocycles. The molecule has 6 nitrogen and oxygen atoms in total. The third-order valence-corrected chi connectivity index (χ3v) is 6.00. The molecule has 2 fully saturated rings. The number of nitrogens with zero attached hydrogens (tertiary/aromatic N) is 4. The number of hydrogen-bond acceptors (Lipinski definition) is 4. The summed E-state index contributed by atoms with van der Waals surface area (Å²) < 4.78 is 7.48. The molecule has 1 amide bonds. The summed E-state index contributed by atoms with van der Waals surface area (Å²) in [4.78, 5) is 14.9. The Balaban J connectivity index is 1.46. The van der Waals surface area contributed by atoms with Crippen molar-refractivity contribution in [1.82, 2.24) is 19.7 Å². The molecule has 1 saturated heterocycles. The molecule has 0 bridgehead atoms. The van der Waals surface area contributed by atoms with E-state index in [0.29, 0.717) is 18.9 Å². The summed E-state index contributed by atoms with van der Waals surface area (Å²) in [6, 6.07) is 7.84. The van der Waals surface area contributed by atoms with Crippen LogP contribution in [-0.4, -0.2) is 45.3 Å². The summed E-state index contributed by atoms with van der Waals surface area (Å²) in [6.45, 7) is 4.22. The van der Waals surface area contributed by atoms with Crippen LogP contribution in [0.4, 0.5) is 0 Å². The van der Waals surface area contributed by atoms with Gasteiger partial charge in [0.1, 0.15) is 17.9 Å². The second-order valence-corrected chi connectivity index (χ2v) is 7.60. The van der Waals surface area contributed by atoms with E-state index in [1.165, 1.54) is 19.3 Å². The Kier molecular flexibility index (Phi) is 4.42. The number of carbonyl (C=O) groups is 1. The predicted molar refractivity (Wildman–Crippen MR) is 97.9 cm³/mol. The molecule has 1 aliphatic carbocycles. The molecule has 0 N–H and O–H groups in total. The maximum atomic E-state index is 12.9. The van der Waals surface area contributed by atoms with E-state index in [4.69, 9.17) is 4.74 Å². The SMILES string of the molecule is CCOc1ccc(CC(=O)N2CC(c3nncn3C)C3(CCC3)C2)cc1. The van der Waals surface area contributed by atoms with Gasteiger partial charge in [-0.3, -0.25) is 4.79 Å². The van der Waals surface area contributed by atoms with E-state index in [9.17, 15) is 4.79 Å². The van der Waals surface area contributed by atoms with Gasteiger partial charge in [-0.05, 0) is 42.9 Å². The second kappa shape index (κ2) is 6.74. The number of aryl methyl sites for hydroxylation is 1. The average Bonchev–Trinajstić information content (AvgIpc) is 3.20. The smallest absolute Gasteiger partial charge is 0.227 e. The maximum absolute atomic E-state index is 12.9. The highest BCUT2D eigenvalue weighted by atomic mass is 16.5. The number of likely N-dealkylation sites (tertiary alicyclic amines) is 1. The highest BCUT2D eigenvalue weighted by Crippen LogP contribution is 2.55. The van der Waals surface area contributed by atoms with Crippen LogP contribution < -0.4 is 4.74 Å². The number of amides is 1. The Labute approximate surface area is 154 Å². The molecule has 1 unspecified atom stereocenters. The van der Waals surface area contributed by atoms with Gasteiger partial charge >= 0.3 is 0 Å². The molecule has 0 radical (unpaired) electrons. The fraction of sp³-hybridized carbons (Fsp3) is 0.550. The summed E-state index contributed by atoms with van der Waals surface area (Å²) in [7, 11) is 1.99. The number of hydrogen-bond donors (Lipinski definition) is 0. The summed E-state index contributed by atoms with van der Waals surface area (Å²) in [5.74, 6) is 2.36. The first-order valence-electron chi connectivity index (χ1n) is 9.45. The van der Waals surface area contributed by atoms with Gasteiger partial charge in [-0.1, -0.05) is 18.6 Å². The van der Waals surface area contributed by atoms with Crippen LogP contribution in [0.3, 0.4) is 0 Å². The van der Waals surface area contributed by atoms with Crippen molar-refractivity contribution in [2.75, 3.05) is 19.7 Å². The third kappa shape index (κ3) is 2.97. The Morgan fingerprint density at radius 3 is 2.65 bits per heavy atom. The van der Waals surface area contributed by atoms with Crippen LogP contribution in [0.25, 0.3) is 0 Å². The van der Waals surface area contributed by atoms with E-state index in [2.05, 4.69) is 10.2 Å². The van der Waals surface area contributed by atoms with Crippen molar-refractivity contribution in [1.29, 1.82) is 0 Å². The number of carbonyl (C=O) groups excluding carboxylic acids is 1. The molecule has 2 aliphatic rings. The maximum Gasteiger partial charge on any atom is 0.227 e. The Morgan fingerprint density at radius 2 is 2.08 bits per heavy atom. The minimum Gasteiger partial charge on any atom is -0.494 e. The fourth-order valence-electron chi connectivity index (χ4n) is 4.42. The van der Waals surface area contributed by atoms with Crippen LogP contribution in [-0.2, 0) is 18.3 Å². The normalized spacial score (nSPS) is 21.0. The van der Waals surface area contributed by atoms with Crippen LogP contribution in [0.15, 0.2) is 30.6 Å². The van der Waals surface area contributed by atoms with Crippen LogP contribution >= 0.6 is 0 Å². The lowest BCUT2D eigenvalue weighted by Gasteiger charge is -2.42. The van der Waals surface area contributed by atoms with Gasteiger partial charge in [0.2, 0.25) is 5.91 Å². The lowest BCUT2D eigenvalue weighted by molar-refractivity contribution is -0.130. The van der Waals surface area contributed by atoms with E-state index in [1.807, 2.05) is 47.7 Å². The summed E-state index contributed by atoms with van der Waals surface area (Å²) >= 11 is 0. The van der Waals surface area contributed by atoms with E-state index < -0.39 is 0 Å². The molecular weight excluding hydrogens is 328 g/mol. The fourth-order valence-corrected chi connectivity index (χ4v) is 4.42. The van der Waals surface area contributed by atoms with Crippen molar-refractivity contribution in [3.05, 3.63) is 42.0 Å². The molecule has 1 saturated carbocycles. The highest BCUT2D eigenvalue weighted by molar-refractivity contribution is 5.79. The number of rotatable bonds is 5. The number of benzene rings is 1. The average molecular weight is 354 g/mol. The quantitative estimate of drug-likeness (QED) is 0.828. The zero-order valence-corrected chi connectivity index (χ0v) is 15.5. The largest absolute Gasteiger partial charge is 0.494 e. The van der Waals surface area contributed by atoms with Gasteiger partial charge in [0.25, 0.3) is 0 Å². The van der Waals surface area contributed by atoms with Crippen LogP contribution in [0.2, 0.25) is 0 Å². The molecule has 1 spiro atoms. The van der Waals surface area contributed by atoms with E-state index in [0.717, 1.165) is 30.2 Å². The molecule has 6 heteroatoms. The topological polar surface area (TPSA) is 60.2 Å². The second-order valence-electron chi connectivity index (χ2n) is 7.60. The first-order chi connectivity index (χ1) is 12.6. The molecule has 138 valence electrons. The monoisotopic (exact) mass is 354 g/mol. The molecule has 1 aromatic heterocycles. The first-order valence-corrected chi connectivity index (χ1v) is 9.45. The lowest BCUT2D eigenvalue weighted by atomic mass is 9.62. The zero-order chi connectivity index (χ0) is 18.1. The van der Waals surface area contributed by atoms with E-state index in [-0.39, 0.29) is 11.3 Å². The van der Waals surface area contributed by atoms with Crippen LogP contribution in [0, 0.1) is 5.41 Å². The molecule has 1 aliphatic heterocycles. The van der Waals surface area contributed by atoms with Crippen molar-refractivity contribution in [3.8, 4) is 5.75 Å². The molecular formula is C20H26N4O2. The van der Waals surface area contributed by atoms with Crippen molar-refractivity contribution in [2.45, 2.75) is 38.5 Å². The Hall–Kier alpha value is -2.37. The Bertz CT molecular complexity index is 779. The predicted octanol–water partition coefficient (Wildman–Crippen LogP) is 2.55. The van der Waals surface area contributed by atoms with Crippen molar-refractivity contribution in [3.63, 3.8) is 0 Å². The molecule has 2 aromatic rings. The molecule has 26 heavy (non-hydrogen) atoms. The van der Waals surface area contributed by atoms with Gasteiger partial charge in [0.15, 0.2) is 0 Å². The lowest BCUT2D eigenvalue weighted by Crippen LogP contribution is -2.38. The van der Waals surface area contributed by atoms with Gasteiger partial charge in [-0.15, -0.1) is 10.2 Å². The van der Waals surface area contributed by atoms with Crippen molar-refractivity contribution >= 4 is 5.91 Å². The summed E-state index contributed by atoms with van der Waals surface area (Å²) in [5.41, 5.74) is 1.23. The van der Waals surface area contributed by atoms with Crippen LogP contribution in [0.1, 0.15) is 43.5 Å². The molecule has 4 rings (SSSR count). The zero-order valence-electron chi connectivity index (χ0n) is 15.5. The third-order valence-electron chi connectivity index (χ3n) is 6.00. The van der Waals surface area contributed by atoms with Crippen LogP contribution in [0.5, 0.6) is 5.75 Å². The first kappa shape index (κ1) is 17.1. The minimum atomic E-state index is 0.199. The van der Waals surface area contributed by atoms with E-state index in [1.54, 1.807) is 6.33 Å². The van der Waals surface area contributed by atoms with Crippen molar-refractivity contribution in [2.24, 2.45) is 12.5 Å². The summed E-state index contributed by atoms with van der Waals surface area (Å²) in [5, 5.41) is 8.39.